The molecular weight excluding hydrogens is 454 g/mol. The number of hydrogen-bond acceptors (Lipinski definition) is 1. The van der Waals surface area contributed by atoms with E-state index in [1.54, 1.807) is 0 Å². The minimum atomic E-state index is 0.0528. The third-order valence-electron chi connectivity index (χ3n) is 7.30. The van der Waals surface area contributed by atoms with Crippen molar-refractivity contribution in [2.45, 2.75) is 77.6 Å². The van der Waals surface area contributed by atoms with Gasteiger partial charge in [0.2, 0.25) is 5.91 Å². The summed E-state index contributed by atoms with van der Waals surface area (Å²) in [5.74, 6) is 0.323. The van der Waals surface area contributed by atoms with Crippen LogP contribution in [0.1, 0.15) is 89.0 Å². The lowest BCUT2D eigenvalue weighted by Crippen LogP contribution is -3.05. The van der Waals surface area contributed by atoms with Crippen molar-refractivity contribution < 1.29 is 14.6 Å². The van der Waals surface area contributed by atoms with Crippen LogP contribution >= 0.6 is 0 Å². The van der Waals surface area contributed by atoms with E-state index in [0.717, 1.165) is 39.0 Å². The van der Waals surface area contributed by atoms with Gasteiger partial charge in [-0.1, -0.05) is 90.1 Å². The first-order chi connectivity index (χ1) is 17.2. The monoisotopic (exact) mass is 509 g/mol. The van der Waals surface area contributed by atoms with E-state index in [-0.39, 0.29) is 22.7 Å². The fourth-order valence-corrected chi connectivity index (χ4v) is 4.77. The van der Waals surface area contributed by atoms with Crippen LogP contribution in [0.15, 0.2) is 48.5 Å². The summed E-state index contributed by atoms with van der Waals surface area (Å²) in [7, 11) is 8.72. The van der Waals surface area contributed by atoms with Crippen molar-refractivity contribution in [2.24, 2.45) is 0 Å². The Kier molecular flexibility index (Phi) is 11.4. The maximum Gasteiger partial charge on any atom is 0.223 e. The third-order valence-corrected chi connectivity index (χ3v) is 7.30. The molecule has 4 heteroatoms. The van der Waals surface area contributed by atoms with Crippen molar-refractivity contribution in [1.82, 2.24) is 4.90 Å². The van der Waals surface area contributed by atoms with E-state index in [9.17, 15) is 4.79 Å². The summed E-state index contributed by atoms with van der Waals surface area (Å²) in [5, 5.41) is 0. The lowest BCUT2D eigenvalue weighted by molar-refractivity contribution is -0.858. The second kappa shape index (κ2) is 13.6. The van der Waals surface area contributed by atoms with Gasteiger partial charge in [-0.2, -0.15) is 0 Å². The zero-order valence-corrected chi connectivity index (χ0v) is 25.5. The largest absolute Gasteiger partial charge is 0.342 e. The summed E-state index contributed by atoms with van der Waals surface area (Å²) in [4.78, 5) is 18.8. The molecule has 0 fully saturated rings. The number of nitrogens with zero attached hydrogens (tertiary/aromatic N) is 1. The molecule has 4 nitrogen and oxygen atoms in total. The molecule has 0 unspecified atom stereocenters. The number of carbonyl (C=O) groups is 1. The van der Waals surface area contributed by atoms with Crippen LogP contribution in [0, 0.1) is 0 Å². The Labute approximate surface area is 228 Å². The molecule has 0 aliphatic rings. The quantitative estimate of drug-likeness (QED) is 0.449. The number of benzene rings is 2. The number of hydrogen-bond donors (Lipinski definition) is 2. The Morgan fingerprint density at radius 2 is 1.03 bits per heavy atom. The fourth-order valence-electron chi connectivity index (χ4n) is 4.77. The molecule has 2 aromatic carbocycles. The highest BCUT2D eigenvalue weighted by Crippen LogP contribution is 2.33. The summed E-state index contributed by atoms with van der Waals surface area (Å²) < 4.78 is 0. The van der Waals surface area contributed by atoms with Crippen LogP contribution < -0.4 is 9.80 Å². The van der Waals surface area contributed by atoms with Crippen LogP contribution in [0.2, 0.25) is 0 Å². The number of rotatable bonds is 12. The second-order valence-electron chi connectivity index (χ2n) is 13.5. The van der Waals surface area contributed by atoms with Gasteiger partial charge in [-0.25, -0.2) is 0 Å². The molecule has 2 N–H and O–H groups in total. The van der Waals surface area contributed by atoms with Gasteiger partial charge in [0.1, 0.15) is 0 Å². The minimum absolute atomic E-state index is 0.0528. The van der Waals surface area contributed by atoms with Gasteiger partial charge in [-0.05, 0) is 33.1 Å². The third kappa shape index (κ3) is 10.2. The van der Waals surface area contributed by atoms with Gasteiger partial charge < -0.3 is 14.7 Å². The van der Waals surface area contributed by atoms with E-state index in [2.05, 4.69) is 123 Å². The molecule has 2 aromatic rings. The van der Waals surface area contributed by atoms with Crippen molar-refractivity contribution in [3.8, 4) is 0 Å². The van der Waals surface area contributed by atoms with Gasteiger partial charge in [0, 0.05) is 38.3 Å². The lowest BCUT2D eigenvalue weighted by atomic mass is 9.81. The Balaban J connectivity index is 2.35. The van der Waals surface area contributed by atoms with E-state index in [0.29, 0.717) is 6.42 Å². The number of quaternary nitrogens is 2. The predicted molar refractivity (Wildman–Crippen MR) is 158 cm³/mol. The molecule has 0 aliphatic heterocycles. The van der Waals surface area contributed by atoms with Crippen LogP contribution in [0.5, 0.6) is 0 Å². The molecule has 0 saturated carbocycles. The molecule has 0 radical (unpaired) electrons. The standard InChI is InChI=1S/C33H53N3O/c1-32(2,3)28-17-13-26(14-18-28)30(27-15-19-29(20-16-27)33(4,5)6)25-31(37)36(23-11-21-34(7)8)24-12-22-35(9)10/h13-20,30H,11-12,21-25H2,1-10H3/p+2. The first-order valence-electron chi connectivity index (χ1n) is 14.2. The molecule has 0 aromatic heterocycles. The van der Waals surface area contributed by atoms with Crippen molar-refractivity contribution in [2.75, 3.05) is 54.4 Å². The van der Waals surface area contributed by atoms with E-state index in [1.165, 1.54) is 32.1 Å². The molecule has 0 bridgehead atoms. The Bertz CT molecular complexity index is 876. The van der Waals surface area contributed by atoms with Gasteiger partial charge in [-0.15, -0.1) is 0 Å². The molecule has 2 rings (SSSR count). The van der Waals surface area contributed by atoms with Gasteiger partial charge in [-0.3, -0.25) is 4.79 Å². The van der Waals surface area contributed by atoms with Gasteiger partial charge in [0.05, 0.1) is 41.3 Å². The van der Waals surface area contributed by atoms with Crippen molar-refractivity contribution in [3.63, 3.8) is 0 Å². The van der Waals surface area contributed by atoms with Gasteiger partial charge >= 0.3 is 0 Å². The number of amides is 1. The summed E-state index contributed by atoms with van der Waals surface area (Å²) in [6.07, 6.45) is 2.58. The fraction of sp³-hybridized carbons (Fsp3) is 0.606. The summed E-state index contributed by atoms with van der Waals surface area (Å²) in [6.45, 7) is 17.3. The summed E-state index contributed by atoms with van der Waals surface area (Å²) in [6, 6.07) is 17.9. The molecular formula is C33H55N3O+2. The minimum Gasteiger partial charge on any atom is -0.342 e. The van der Waals surface area contributed by atoms with Crippen LogP contribution in [-0.2, 0) is 15.6 Å². The van der Waals surface area contributed by atoms with Crippen LogP contribution in [0.25, 0.3) is 0 Å². The number of nitrogens with one attached hydrogen (secondary N) is 2. The molecule has 0 saturated heterocycles. The first-order valence-corrected chi connectivity index (χ1v) is 14.2. The van der Waals surface area contributed by atoms with Gasteiger partial charge in [0.15, 0.2) is 0 Å². The van der Waals surface area contributed by atoms with E-state index in [4.69, 9.17) is 0 Å². The van der Waals surface area contributed by atoms with Crippen LogP contribution in [0.3, 0.4) is 0 Å². The second-order valence-corrected chi connectivity index (χ2v) is 13.5. The summed E-state index contributed by atoms with van der Waals surface area (Å²) >= 11 is 0. The molecule has 1 amide bonds. The van der Waals surface area contributed by atoms with Crippen LogP contribution in [0.4, 0.5) is 0 Å². The van der Waals surface area contributed by atoms with Crippen molar-refractivity contribution in [3.05, 3.63) is 70.8 Å². The Morgan fingerprint density at radius 1 is 0.676 bits per heavy atom. The highest BCUT2D eigenvalue weighted by Gasteiger charge is 2.24. The highest BCUT2D eigenvalue weighted by atomic mass is 16.2. The van der Waals surface area contributed by atoms with E-state index in [1.807, 2.05) is 0 Å². The molecule has 0 heterocycles. The van der Waals surface area contributed by atoms with Gasteiger partial charge in [0.25, 0.3) is 0 Å². The highest BCUT2D eigenvalue weighted by molar-refractivity contribution is 5.78. The number of carbonyl (C=O) groups excluding carboxylic acids is 1. The zero-order valence-electron chi connectivity index (χ0n) is 25.5. The average Bonchev–Trinajstić information content (AvgIpc) is 2.80. The maximum atomic E-state index is 13.8. The zero-order chi connectivity index (χ0) is 27.8. The lowest BCUT2D eigenvalue weighted by Gasteiger charge is -2.27. The SMILES string of the molecule is C[NH+](C)CCCN(CCC[NH+](C)C)C(=O)CC(c1ccc(C(C)(C)C)cc1)c1ccc(C(C)(C)C)cc1. The van der Waals surface area contributed by atoms with Crippen LogP contribution in [-0.4, -0.2) is 65.2 Å². The molecule has 206 valence electrons. The van der Waals surface area contributed by atoms with Crippen molar-refractivity contribution >= 4 is 5.91 Å². The van der Waals surface area contributed by atoms with E-state index < -0.39 is 0 Å². The maximum absolute atomic E-state index is 13.8. The average molecular weight is 510 g/mol. The normalized spacial score (nSPS) is 12.6. The molecule has 37 heavy (non-hydrogen) atoms. The molecule has 0 atom stereocenters. The molecule has 0 spiro atoms. The topological polar surface area (TPSA) is 29.2 Å². The Morgan fingerprint density at radius 3 is 1.32 bits per heavy atom. The first kappa shape index (κ1) is 31.1. The van der Waals surface area contributed by atoms with Crippen molar-refractivity contribution in [1.29, 1.82) is 0 Å². The molecule has 0 aliphatic carbocycles. The Hall–Kier alpha value is -2.17. The smallest absolute Gasteiger partial charge is 0.223 e. The predicted octanol–water partition coefficient (Wildman–Crippen LogP) is 3.70. The summed E-state index contributed by atoms with van der Waals surface area (Å²) in [5.41, 5.74) is 5.31. The van der Waals surface area contributed by atoms with E-state index >= 15 is 0 Å².